The molecule has 3 aromatic rings. The second-order valence-electron chi connectivity index (χ2n) is 4.76. The van der Waals surface area contributed by atoms with Crippen molar-refractivity contribution in [3.05, 3.63) is 59.9 Å². The van der Waals surface area contributed by atoms with Gasteiger partial charge in [-0.3, -0.25) is 0 Å². The zero-order valence-corrected chi connectivity index (χ0v) is 11.0. The molecule has 0 aliphatic heterocycles. The van der Waals surface area contributed by atoms with E-state index in [-0.39, 0.29) is 0 Å². The highest BCUT2D eigenvalue weighted by Crippen LogP contribution is 2.21. The van der Waals surface area contributed by atoms with Crippen LogP contribution in [0.4, 0.5) is 5.69 Å². The number of hydrogen-bond donors (Lipinski definition) is 1. The van der Waals surface area contributed by atoms with Crippen molar-refractivity contribution in [2.45, 2.75) is 19.9 Å². The topological polar surface area (TPSA) is 43.8 Å². The van der Waals surface area contributed by atoms with Gasteiger partial charge in [0.15, 0.2) is 0 Å². The van der Waals surface area contributed by atoms with E-state index in [1.165, 1.54) is 5.56 Å². The Balaban J connectivity index is 1.93. The maximum atomic E-state index is 5.97. The van der Waals surface area contributed by atoms with Gasteiger partial charge in [0.25, 0.3) is 0 Å². The molecule has 3 heteroatoms. The van der Waals surface area contributed by atoms with E-state index in [0.29, 0.717) is 0 Å². The van der Waals surface area contributed by atoms with Crippen LogP contribution in [0.3, 0.4) is 0 Å². The van der Waals surface area contributed by atoms with Crippen molar-refractivity contribution < 1.29 is 0 Å². The second-order valence-corrected chi connectivity index (χ2v) is 4.76. The van der Waals surface area contributed by atoms with E-state index in [4.69, 9.17) is 5.73 Å². The number of aromatic nitrogens is 2. The van der Waals surface area contributed by atoms with E-state index >= 15 is 0 Å². The zero-order chi connectivity index (χ0) is 13.2. The fourth-order valence-corrected chi connectivity index (χ4v) is 2.45. The van der Waals surface area contributed by atoms with E-state index < -0.39 is 0 Å². The molecule has 0 aliphatic carbocycles. The number of imidazole rings is 1. The quantitative estimate of drug-likeness (QED) is 0.727. The first kappa shape index (κ1) is 11.8. The number of aryl methyl sites for hydroxylation is 3. The Morgan fingerprint density at radius 3 is 2.63 bits per heavy atom. The molecule has 0 bridgehead atoms. The highest BCUT2D eigenvalue weighted by atomic mass is 15.1. The van der Waals surface area contributed by atoms with Crippen molar-refractivity contribution in [2.24, 2.45) is 0 Å². The number of fused-ring (bicyclic) bond motifs is 1. The summed E-state index contributed by atoms with van der Waals surface area (Å²) in [5.41, 5.74) is 10.1. The monoisotopic (exact) mass is 251 g/mol. The number of rotatable bonds is 3. The molecule has 96 valence electrons. The van der Waals surface area contributed by atoms with Crippen LogP contribution < -0.4 is 5.73 Å². The summed E-state index contributed by atoms with van der Waals surface area (Å²) in [7, 11) is 0. The van der Waals surface area contributed by atoms with Crippen LogP contribution in [0.1, 0.15) is 11.4 Å². The molecule has 0 unspecified atom stereocenters. The Morgan fingerprint density at radius 2 is 1.84 bits per heavy atom. The number of nitrogen functional groups attached to an aromatic ring is 1. The summed E-state index contributed by atoms with van der Waals surface area (Å²) in [6.07, 6.45) is 1.00. The third-order valence-electron chi connectivity index (χ3n) is 3.47. The zero-order valence-electron chi connectivity index (χ0n) is 11.0. The Hall–Kier alpha value is -2.29. The Morgan fingerprint density at radius 1 is 1.05 bits per heavy atom. The molecular weight excluding hydrogens is 234 g/mol. The van der Waals surface area contributed by atoms with E-state index in [2.05, 4.69) is 39.9 Å². The van der Waals surface area contributed by atoms with Gasteiger partial charge in [0.05, 0.1) is 11.2 Å². The Bertz CT molecular complexity index is 699. The summed E-state index contributed by atoms with van der Waals surface area (Å²) in [6, 6.07) is 16.5. The van der Waals surface area contributed by atoms with Crippen molar-refractivity contribution >= 4 is 16.7 Å². The summed E-state index contributed by atoms with van der Waals surface area (Å²) in [5.74, 6) is 1.02. The Labute approximate surface area is 112 Å². The van der Waals surface area contributed by atoms with Gasteiger partial charge in [-0.2, -0.15) is 0 Å². The van der Waals surface area contributed by atoms with Crippen LogP contribution in [0.15, 0.2) is 48.5 Å². The lowest BCUT2D eigenvalue weighted by Gasteiger charge is -2.07. The first-order chi connectivity index (χ1) is 9.25. The van der Waals surface area contributed by atoms with Gasteiger partial charge in [-0.25, -0.2) is 4.98 Å². The van der Waals surface area contributed by atoms with Crippen LogP contribution in [0.5, 0.6) is 0 Å². The van der Waals surface area contributed by atoms with E-state index in [1.807, 2.05) is 25.1 Å². The largest absolute Gasteiger partial charge is 0.397 e. The molecule has 1 aromatic heterocycles. The van der Waals surface area contributed by atoms with E-state index in [0.717, 1.165) is 35.5 Å². The molecule has 0 atom stereocenters. The standard InChI is InChI=1S/C16H17N3/c1-12-18-16-14(17)8-5-9-15(16)19(12)11-10-13-6-3-2-4-7-13/h2-9H,10-11,17H2,1H3. The van der Waals surface area contributed by atoms with Gasteiger partial charge in [0, 0.05) is 6.54 Å². The minimum atomic E-state index is 0.749. The molecule has 0 amide bonds. The number of nitrogens with zero attached hydrogens (tertiary/aromatic N) is 2. The first-order valence-electron chi connectivity index (χ1n) is 6.51. The molecule has 0 radical (unpaired) electrons. The molecule has 2 N–H and O–H groups in total. The molecule has 0 saturated carbocycles. The average molecular weight is 251 g/mol. The fraction of sp³-hybridized carbons (Fsp3) is 0.188. The third-order valence-corrected chi connectivity index (χ3v) is 3.47. The van der Waals surface area contributed by atoms with Crippen molar-refractivity contribution in [1.29, 1.82) is 0 Å². The van der Waals surface area contributed by atoms with Crippen LogP contribution in [-0.4, -0.2) is 9.55 Å². The molecule has 1 heterocycles. The minimum absolute atomic E-state index is 0.749. The number of hydrogen-bond acceptors (Lipinski definition) is 2. The fourth-order valence-electron chi connectivity index (χ4n) is 2.45. The molecule has 0 aliphatic rings. The highest BCUT2D eigenvalue weighted by Gasteiger charge is 2.08. The van der Waals surface area contributed by atoms with Gasteiger partial charge in [-0.1, -0.05) is 36.4 Å². The molecule has 0 saturated heterocycles. The summed E-state index contributed by atoms with van der Waals surface area (Å²) in [4.78, 5) is 4.56. The van der Waals surface area contributed by atoms with Gasteiger partial charge in [-0.05, 0) is 31.0 Å². The smallest absolute Gasteiger partial charge is 0.112 e. The number of nitrogens with two attached hydrogens (primary N) is 1. The second kappa shape index (κ2) is 4.76. The molecule has 19 heavy (non-hydrogen) atoms. The first-order valence-corrected chi connectivity index (χ1v) is 6.51. The van der Waals surface area contributed by atoms with Gasteiger partial charge in [0.1, 0.15) is 11.3 Å². The van der Waals surface area contributed by atoms with Crippen molar-refractivity contribution in [3.63, 3.8) is 0 Å². The third kappa shape index (κ3) is 2.19. The molecule has 2 aromatic carbocycles. The molecule has 0 spiro atoms. The van der Waals surface area contributed by atoms with Gasteiger partial charge >= 0.3 is 0 Å². The van der Waals surface area contributed by atoms with Gasteiger partial charge < -0.3 is 10.3 Å². The number of benzene rings is 2. The molecular formula is C16H17N3. The SMILES string of the molecule is Cc1nc2c(N)cccc2n1CCc1ccccc1. The number of anilines is 1. The van der Waals surface area contributed by atoms with Gasteiger partial charge in [0.2, 0.25) is 0 Å². The Kier molecular flexibility index (Phi) is 2.95. The maximum Gasteiger partial charge on any atom is 0.112 e. The summed E-state index contributed by atoms with van der Waals surface area (Å²) >= 11 is 0. The molecule has 0 fully saturated rings. The van der Waals surface area contributed by atoms with Crippen LogP contribution in [-0.2, 0) is 13.0 Å². The van der Waals surface area contributed by atoms with E-state index in [9.17, 15) is 0 Å². The van der Waals surface area contributed by atoms with Crippen molar-refractivity contribution in [3.8, 4) is 0 Å². The summed E-state index contributed by atoms with van der Waals surface area (Å²) in [5, 5.41) is 0. The lowest BCUT2D eigenvalue weighted by molar-refractivity contribution is 0.692. The predicted molar refractivity (Wildman–Crippen MR) is 79.0 cm³/mol. The highest BCUT2D eigenvalue weighted by molar-refractivity contribution is 5.87. The average Bonchev–Trinajstić information content (AvgIpc) is 2.75. The number of para-hydroxylation sites is 1. The van der Waals surface area contributed by atoms with Gasteiger partial charge in [-0.15, -0.1) is 0 Å². The van der Waals surface area contributed by atoms with Crippen LogP contribution >= 0.6 is 0 Å². The lowest BCUT2D eigenvalue weighted by atomic mass is 10.1. The molecule has 3 rings (SSSR count). The van der Waals surface area contributed by atoms with Crippen LogP contribution in [0.25, 0.3) is 11.0 Å². The van der Waals surface area contributed by atoms with Crippen LogP contribution in [0, 0.1) is 6.92 Å². The van der Waals surface area contributed by atoms with Crippen molar-refractivity contribution in [2.75, 3.05) is 5.73 Å². The predicted octanol–water partition coefficient (Wildman–Crippen LogP) is 3.17. The van der Waals surface area contributed by atoms with E-state index in [1.54, 1.807) is 0 Å². The minimum Gasteiger partial charge on any atom is -0.397 e. The molecule has 3 nitrogen and oxygen atoms in total. The normalized spacial score (nSPS) is 11.0. The van der Waals surface area contributed by atoms with Crippen LogP contribution in [0.2, 0.25) is 0 Å². The summed E-state index contributed by atoms with van der Waals surface area (Å²) < 4.78 is 2.23. The lowest BCUT2D eigenvalue weighted by Crippen LogP contribution is -2.03. The summed E-state index contributed by atoms with van der Waals surface area (Å²) in [6.45, 7) is 2.96. The maximum absolute atomic E-state index is 5.97. The van der Waals surface area contributed by atoms with Crippen molar-refractivity contribution in [1.82, 2.24) is 9.55 Å².